The zero-order chi connectivity index (χ0) is 15.9. The maximum Gasteiger partial charge on any atom is 0.236 e. The summed E-state index contributed by atoms with van der Waals surface area (Å²) in [5.41, 5.74) is 0. The lowest BCUT2D eigenvalue weighted by Crippen LogP contribution is -2.51. The molecule has 0 bridgehead atoms. The van der Waals surface area contributed by atoms with E-state index in [1.54, 1.807) is 0 Å². The molecule has 2 atom stereocenters. The minimum Gasteiger partial charge on any atom is -0.392 e. The van der Waals surface area contributed by atoms with Crippen molar-refractivity contribution in [2.75, 3.05) is 32.8 Å². The molecule has 128 valence electrons. The van der Waals surface area contributed by atoms with Crippen LogP contribution < -0.4 is 0 Å². The van der Waals surface area contributed by atoms with E-state index in [2.05, 4.69) is 11.8 Å². The van der Waals surface area contributed by atoms with Crippen LogP contribution in [0.15, 0.2) is 0 Å². The lowest BCUT2D eigenvalue weighted by Gasteiger charge is -2.38. The van der Waals surface area contributed by atoms with Gasteiger partial charge in [-0.2, -0.15) is 0 Å². The summed E-state index contributed by atoms with van der Waals surface area (Å²) < 4.78 is 5.65. The molecule has 1 N–H and O–H groups in total. The second-order valence-corrected chi connectivity index (χ2v) is 6.81. The van der Waals surface area contributed by atoms with Crippen LogP contribution in [0.4, 0.5) is 0 Å². The number of rotatable bonds is 6. The van der Waals surface area contributed by atoms with Gasteiger partial charge in [-0.15, -0.1) is 0 Å². The summed E-state index contributed by atoms with van der Waals surface area (Å²) in [5, 5.41) is 9.77. The van der Waals surface area contributed by atoms with Gasteiger partial charge in [-0.1, -0.05) is 26.2 Å². The Balaban J connectivity index is 1.91. The Kier molecular flexibility index (Phi) is 7.12. The summed E-state index contributed by atoms with van der Waals surface area (Å²) in [6.45, 7) is 6.99. The Morgan fingerprint density at radius 2 is 2.09 bits per heavy atom. The minimum absolute atomic E-state index is 0.178. The van der Waals surface area contributed by atoms with Crippen molar-refractivity contribution in [3.63, 3.8) is 0 Å². The molecule has 5 heteroatoms. The van der Waals surface area contributed by atoms with Crippen molar-refractivity contribution in [2.24, 2.45) is 0 Å². The van der Waals surface area contributed by atoms with Crippen molar-refractivity contribution in [3.05, 3.63) is 0 Å². The van der Waals surface area contributed by atoms with Crippen molar-refractivity contribution in [3.8, 4) is 0 Å². The van der Waals surface area contributed by atoms with Crippen LogP contribution in [0.3, 0.4) is 0 Å². The van der Waals surface area contributed by atoms with E-state index >= 15 is 0 Å². The van der Waals surface area contributed by atoms with Gasteiger partial charge in [0.15, 0.2) is 0 Å². The summed E-state index contributed by atoms with van der Waals surface area (Å²) >= 11 is 0. The third-order valence-electron chi connectivity index (χ3n) is 4.88. The van der Waals surface area contributed by atoms with Crippen molar-refractivity contribution in [1.29, 1.82) is 0 Å². The maximum absolute atomic E-state index is 12.6. The number of aliphatic hydroxyl groups excluding tert-OH is 1. The smallest absolute Gasteiger partial charge is 0.236 e. The maximum atomic E-state index is 12.6. The van der Waals surface area contributed by atoms with E-state index < -0.39 is 0 Å². The molecule has 0 aromatic rings. The topological polar surface area (TPSA) is 53.0 Å². The van der Waals surface area contributed by atoms with Crippen LogP contribution in [0.1, 0.15) is 52.4 Å². The summed E-state index contributed by atoms with van der Waals surface area (Å²) in [6.07, 6.45) is 6.83. The van der Waals surface area contributed by atoms with Gasteiger partial charge in [0.05, 0.1) is 25.4 Å². The van der Waals surface area contributed by atoms with Gasteiger partial charge in [0, 0.05) is 25.7 Å². The monoisotopic (exact) mass is 312 g/mol. The summed E-state index contributed by atoms with van der Waals surface area (Å²) in [6, 6.07) is 0.454. The van der Waals surface area contributed by atoms with Crippen molar-refractivity contribution >= 4 is 5.91 Å². The molecule has 1 heterocycles. The molecule has 0 unspecified atom stereocenters. The molecule has 1 aliphatic heterocycles. The summed E-state index contributed by atoms with van der Waals surface area (Å²) in [4.78, 5) is 16.8. The molecular weight excluding hydrogens is 280 g/mol. The first-order valence-electron chi connectivity index (χ1n) is 8.91. The molecule has 1 amide bonds. The third kappa shape index (κ3) is 5.21. The predicted octanol–water partition coefficient (Wildman–Crippen LogP) is 1.64. The average Bonchev–Trinajstić information content (AvgIpc) is 2.54. The molecule has 0 radical (unpaired) electrons. The molecule has 2 fully saturated rings. The number of amides is 1. The van der Waals surface area contributed by atoms with E-state index in [1.165, 1.54) is 19.3 Å². The second kappa shape index (κ2) is 8.85. The lowest BCUT2D eigenvalue weighted by molar-refractivity contribution is -0.141. The SMILES string of the molecule is CC[C@@H]1CN(C(=O)CN(C[C@H](C)O)C2CCCCC2)CCO1. The van der Waals surface area contributed by atoms with Crippen LogP contribution in [0.2, 0.25) is 0 Å². The molecule has 0 aromatic heterocycles. The number of morpholine rings is 1. The Morgan fingerprint density at radius 1 is 1.36 bits per heavy atom. The van der Waals surface area contributed by atoms with Gasteiger partial charge in [-0.3, -0.25) is 9.69 Å². The molecule has 1 aliphatic carbocycles. The van der Waals surface area contributed by atoms with E-state index in [4.69, 9.17) is 4.74 Å². The Morgan fingerprint density at radius 3 is 2.73 bits per heavy atom. The molecule has 5 nitrogen and oxygen atoms in total. The van der Waals surface area contributed by atoms with E-state index in [-0.39, 0.29) is 18.1 Å². The molecule has 2 rings (SSSR count). The first kappa shape index (κ1) is 17.7. The van der Waals surface area contributed by atoms with Crippen molar-refractivity contribution < 1.29 is 14.6 Å². The highest BCUT2D eigenvalue weighted by atomic mass is 16.5. The minimum atomic E-state index is -0.386. The molecule has 2 aliphatic rings. The number of aliphatic hydroxyl groups is 1. The van der Waals surface area contributed by atoms with Crippen molar-refractivity contribution in [1.82, 2.24) is 9.80 Å². The van der Waals surface area contributed by atoms with Gasteiger partial charge in [-0.05, 0) is 26.2 Å². The fourth-order valence-electron chi connectivity index (χ4n) is 3.59. The Bertz CT molecular complexity index is 343. The molecule has 0 aromatic carbocycles. The van der Waals surface area contributed by atoms with Crippen LogP contribution in [0.5, 0.6) is 0 Å². The normalized spacial score (nSPS) is 25.5. The standard InChI is InChI=1S/C17H32N2O3/c1-3-16-12-18(9-10-22-16)17(21)13-19(11-14(2)20)15-7-5-4-6-8-15/h14-16,20H,3-13H2,1-2H3/t14-,16+/m0/s1. The van der Waals surface area contributed by atoms with E-state index in [0.717, 1.165) is 19.3 Å². The zero-order valence-corrected chi connectivity index (χ0v) is 14.2. The third-order valence-corrected chi connectivity index (χ3v) is 4.88. The van der Waals surface area contributed by atoms with Gasteiger partial charge in [0.2, 0.25) is 5.91 Å². The first-order chi connectivity index (χ1) is 10.6. The largest absolute Gasteiger partial charge is 0.392 e. The zero-order valence-electron chi connectivity index (χ0n) is 14.2. The number of hydrogen-bond donors (Lipinski definition) is 1. The summed E-state index contributed by atoms with van der Waals surface area (Å²) in [5.74, 6) is 0.188. The summed E-state index contributed by atoms with van der Waals surface area (Å²) in [7, 11) is 0. The van der Waals surface area contributed by atoms with E-state index in [9.17, 15) is 9.90 Å². The molecule has 22 heavy (non-hydrogen) atoms. The second-order valence-electron chi connectivity index (χ2n) is 6.81. The number of carbonyl (C=O) groups excluding carboxylic acids is 1. The number of hydrogen-bond acceptors (Lipinski definition) is 4. The molecule has 1 saturated heterocycles. The predicted molar refractivity (Wildman–Crippen MR) is 86.7 cm³/mol. The number of carbonyl (C=O) groups is 1. The van der Waals surface area contributed by atoms with E-state index in [0.29, 0.717) is 38.8 Å². The average molecular weight is 312 g/mol. The quantitative estimate of drug-likeness (QED) is 0.810. The highest BCUT2D eigenvalue weighted by molar-refractivity contribution is 5.78. The van der Waals surface area contributed by atoms with Gasteiger partial charge < -0.3 is 14.7 Å². The highest BCUT2D eigenvalue weighted by Gasteiger charge is 2.28. The fraction of sp³-hybridized carbons (Fsp3) is 0.941. The van der Waals surface area contributed by atoms with Gasteiger partial charge >= 0.3 is 0 Å². The first-order valence-corrected chi connectivity index (χ1v) is 8.91. The van der Waals surface area contributed by atoms with Crippen LogP contribution >= 0.6 is 0 Å². The lowest BCUT2D eigenvalue weighted by atomic mass is 9.94. The Labute approximate surface area is 134 Å². The number of ether oxygens (including phenoxy) is 1. The molecular formula is C17H32N2O3. The van der Waals surface area contributed by atoms with Gasteiger partial charge in [0.1, 0.15) is 0 Å². The van der Waals surface area contributed by atoms with Crippen LogP contribution in [-0.4, -0.2) is 71.8 Å². The number of nitrogens with zero attached hydrogens (tertiary/aromatic N) is 2. The molecule has 1 saturated carbocycles. The van der Waals surface area contributed by atoms with Crippen LogP contribution in [0.25, 0.3) is 0 Å². The van der Waals surface area contributed by atoms with Gasteiger partial charge in [-0.25, -0.2) is 0 Å². The molecule has 0 spiro atoms. The highest BCUT2D eigenvalue weighted by Crippen LogP contribution is 2.23. The van der Waals surface area contributed by atoms with E-state index in [1.807, 2.05) is 11.8 Å². The fourth-order valence-corrected chi connectivity index (χ4v) is 3.59. The Hall–Kier alpha value is -0.650. The van der Waals surface area contributed by atoms with Crippen molar-refractivity contribution in [2.45, 2.75) is 70.6 Å². The van der Waals surface area contributed by atoms with Crippen LogP contribution in [0, 0.1) is 0 Å². The van der Waals surface area contributed by atoms with Crippen LogP contribution in [-0.2, 0) is 9.53 Å². The van der Waals surface area contributed by atoms with Gasteiger partial charge in [0.25, 0.3) is 0 Å².